The maximum absolute atomic E-state index is 12.7. The van der Waals surface area contributed by atoms with E-state index in [9.17, 15) is 13.2 Å². The molecule has 9 heteroatoms. The number of carboxylic acids is 1. The standard InChI is InChI=1S/C12H13N3O5S/c16-12(17)8-3-2-6-15(7-8)21(18,19)10-5-1-4-9-11(10)14-20-13-9/h1,4-5,8H,2-3,6-7H2,(H,16,17)/t8-/m0/s1. The van der Waals surface area contributed by atoms with Crippen molar-refractivity contribution in [1.29, 1.82) is 0 Å². The van der Waals surface area contributed by atoms with Crippen LogP contribution < -0.4 is 0 Å². The fourth-order valence-corrected chi connectivity index (χ4v) is 4.15. The summed E-state index contributed by atoms with van der Waals surface area (Å²) in [5.41, 5.74) is 0.512. The monoisotopic (exact) mass is 311 g/mol. The van der Waals surface area contributed by atoms with Gasteiger partial charge in [-0.3, -0.25) is 4.79 Å². The second-order valence-corrected chi connectivity index (χ2v) is 6.83. The van der Waals surface area contributed by atoms with Crippen molar-refractivity contribution in [2.24, 2.45) is 5.92 Å². The van der Waals surface area contributed by atoms with Gasteiger partial charge in [0.25, 0.3) is 0 Å². The van der Waals surface area contributed by atoms with Gasteiger partial charge in [0.15, 0.2) is 5.52 Å². The number of piperidine rings is 1. The van der Waals surface area contributed by atoms with Crippen LogP contribution >= 0.6 is 0 Å². The van der Waals surface area contributed by atoms with Crippen LogP contribution in [0.5, 0.6) is 0 Å². The summed E-state index contributed by atoms with van der Waals surface area (Å²) in [5.74, 6) is -1.65. The molecule has 1 atom stereocenters. The smallest absolute Gasteiger partial charge is 0.307 e. The fourth-order valence-electron chi connectivity index (χ4n) is 2.49. The minimum Gasteiger partial charge on any atom is -0.481 e. The molecule has 0 amide bonds. The Kier molecular flexibility index (Phi) is 3.38. The number of nitrogens with zero attached hydrogens (tertiary/aromatic N) is 3. The molecule has 0 bridgehead atoms. The summed E-state index contributed by atoms with van der Waals surface area (Å²) in [4.78, 5) is 11.1. The topological polar surface area (TPSA) is 114 Å². The molecule has 0 spiro atoms. The summed E-state index contributed by atoms with van der Waals surface area (Å²) in [6, 6.07) is 4.57. The third-order valence-corrected chi connectivity index (χ3v) is 5.50. The van der Waals surface area contributed by atoms with Crippen LogP contribution in [0.3, 0.4) is 0 Å². The van der Waals surface area contributed by atoms with Crippen molar-refractivity contribution in [3.8, 4) is 0 Å². The molecule has 0 radical (unpaired) electrons. The Morgan fingerprint density at radius 3 is 2.95 bits per heavy atom. The van der Waals surface area contributed by atoms with Crippen LogP contribution in [0.2, 0.25) is 0 Å². The van der Waals surface area contributed by atoms with E-state index >= 15 is 0 Å². The molecule has 0 saturated carbocycles. The van der Waals surface area contributed by atoms with Crippen LogP contribution in [0.25, 0.3) is 11.0 Å². The van der Waals surface area contributed by atoms with Gasteiger partial charge in [0.2, 0.25) is 10.0 Å². The van der Waals surface area contributed by atoms with Gasteiger partial charge in [0.05, 0.1) is 5.92 Å². The predicted octanol–water partition coefficient (Wildman–Crippen LogP) is 0.708. The summed E-state index contributed by atoms with van der Waals surface area (Å²) in [7, 11) is -3.82. The Morgan fingerprint density at radius 2 is 2.19 bits per heavy atom. The van der Waals surface area contributed by atoms with Gasteiger partial charge in [-0.1, -0.05) is 6.07 Å². The number of aromatic nitrogens is 2. The molecule has 112 valence electrons. The molecule has 1 aliphatic rings. The summed E-state index contributed by atoms with van der Waals surface area (Å²) in [5, 5.41) is 16.3. The first-order chi connectivity index (χ1) is 10.00. The van der Waals surface area contributed by atoms with Gasteiger partial charge >= 0.3 is 5.97 Å². The zero-order valence-electron chi connectivity index (χ0n) is 11.0. The lowest BCUT2D eigenvalue weighted by atomic mass is 10.0. The Labute approximate surface area is 120 Å². The Bertz CT molecular complexity index is 785. The first-order valence-electron chi connectivity index (χ1n) is 6.44. The summed E-state index contributed by atoms with van der Waals surface area (Å²) < 4.78 is 31.1. The van der Waals surface area contributed by atoms with E-state index in [0.717, 1.165) is 0 Å². The molecule has 2 heterocycles. The first kappa shape index (κ1) is 14.0. The highest BCUT2D eigenvalue weighted by Gasteiger charge is 2.34. The number of hydrogen-bond donors (Lipinski definition) is 1. The van der Waals surface area contributed by atoms with Crippen LogP contribution in [-0.2, 0) is 14.8 Å². The molecule has 1 aromatic heterocycles. The number of aliphatic carboxylic acids is 1. The van der Waals surface area contributed by atoms with Gasteiger partial charge in [-0.05, 0) is 35.3 Å². The fraction of sp³-hybridized carbons (Fsp3) is 0.417. The lowest BCUT2D eigenvalue weighted by Crippen LogP contribution is -2.42. The summed E-state index contributed by atoms with van der Waals surface area (Å²) >= 11 is 0. The van der Waals surface area contributed by atoms with Gasteiger partial charge in [0.1, 0.15) is 10.4 Å². The van der Waals surface area contributed by atoms with E-state index in [2.05, 4.69) is 14.9 Å². The number of benzene rings is 1. The molecular formula is C12H13N3O5S. The SMILES string of the molecule is O=C(O)[C@H]1CCCN(S(=O)(=O)c2cccc3nonc23)C1. The first-order valence-corrected chi connectivity index (χ1v) is 7.88. The zero-order valence-corrected chi connectivity index (χ0v) is 11.8. The van der Waals surface area contributed by atoms with Crippen molar-refractivity contribution in [3.63, 3.8) is 0 Å². The average Bonchev–Trinajstić information content (AvgIpc) is 2.95. The lowest BCUT2D eigenvalue weighted by molar-refractivity contribution is -0.142. The molecule has 1 saturated heterocycles. The molecule has 1 aromatic carbocycles. The van der Waals surface area contributed by atoms with Crippen molar-refractivity contribution in [2.75, 3.05) is 13.1 Å². The number of sulfonamides is 1. The van der Waals surface area contributed by atoms with Gasteiger partial charge in [-0.2, -0.15) is 4.31 Å². The van der Waals surface area contributed by atoms with Crippen LogP contribution in [0, 0.1) is 5.92 Å². The van der Waals surface area contributed by atoms with Crippen molar-refractivity contribution in [3.05, 3.63) is 18.2 Å². The molecule has 1 N–H and O–H groups in total. The number of hydrogen-bond acceptors (Lipinski definition) is 6. The van der Waals surface area contributed by atoms with Crippen molar-refractivity contribution < 1.29 is 22.9 Å². The second kappa shape index (κ2) is 5.08. The highest BCUT2D eigenvalue weighted by Crippen LogP contribution is 2.27. The average molecular weight is 311 g/mol. The van der Waals surface area contributed by atoms with E-state index in [1.54, 1.807) is 12.1 Å². The Morgan fingerprint density at radius 1 is 1.38 bits per heavy atom. The zero-order chi connectivity index (χ0) is 15.0. The molecule has 0 unspecified atom stereocenters. The quantitative estimate of drug-likeness (QED) is 0.887. The maximum Gasteiger partial charge on any atom is 0.307 e. The largest absolute Gasteiger partial charge is 0.481 e. The van der Waals surface area contributed by atoms with Crippen molar-refractivity contribution in [1.82, 2.24) is 14.6 Å². The molecule has 21 heavy (non-hydrogen) atoms. The minimum atomic E-state index is -3.82. The molecule has 0 aliphatic carbocycles. The molecule has 8 nitrogen and oxygen atoms in total. The highest BCUT2D eigenvalue weighted by molar-refractivity contribution is 7.89. The van der Waals surface area contributed by atoms with Crippen molar-refractivity contribution >= 4 is 27.0 Å². The number of carbonyl (C=O) groups is 1. The third-order valence-electron chi connectivity index (χ3n) is 3.60. The lowest BCUT2D eigenvalue weighted by Gasteiger charge is -2.29. The molecule has 1 fully saturated rings. The highest BCUT2D eigenvalue weighted by atomic mass is 32.2. The van der Waals surface area contributed by atoms with E-state index in [1.807, 2.05) is 0 Å². The van der Waals surface area contributed by atoms with E-state index in [4.69, 9.17) is 5.11 Å². The van der Waals surface area contributed by atoms with Crippen molar-refractivity contribution in [2.45, 2.75) is 17.7 Å². The third kappa shape index (κ3) is 2.38. The van der Waals surface area contributed by atoms with E-state index < -0.39 is 21.9 Å². The molecule has 3 rings (SSSR count). The van der Waals surface area contributed by atoms with Gasteiger partial charge in [0, 0.05) is 13.1 Å². The Balaban J connectivity index is 2.00. The number of rotatable bonds is 3. The van der Waals surface area contributed by atoms with Gasteiger partial charge in [-0.25, -0.2) is 13.0 Å². The predicted molar refractivity (Wildman–Crippen MR) is 70.9 cm³/mol. The van der Waals surface area contributed by atoms with Gasteiger partial charge < -0.3 is 5.11 Å². The van der Waals surface area contributed by atoms with Crippen LogP contribution in [0.1, 0.15) is 12.8 Å². The molecule has 1 aliphatic heterocycles. The van der Waals surface area contributed by atoms with E-state index in [-0.39, 0.29) is 17.0 Å². The minimum absolute atomic E-state index is 0.00714. The normalized spacial score (nSPS) is 20.7. The van der Waals surface area contributed by atoms with Crippen LogP contribution in [-0.4, -0.2) is 47.2 Å². The second-order valence-electron chi connectivity index (χ2n) is 4.93. The summed E-state index contributed by atoms with van der Waals surface area (Å²) in [6.45, 7) is 0.271. The number of carboxylic acid groups (broad SMARTS) is 1. The molecular weight excluding hydrogens is 298 g/mol. The summed E-state index contributed by atoms with van der Waals surface area (Å²) in [6.07, 6.45) is 1.00. The van der Waals surface area contributed by atoms with Crippen LogP contribution in [0.15, 0.2) is 27.7 Å². The maximum atomic E-state index is 12.7. The van der Waals surface area contributed by atoms with Crippen LogP contribution in [0.4, 0.5) is 0 Å². The van der Waals surface area contributed by atoms with E-state index in [0.29, 0.717) is 24.9 Å². The molecule has 2 aromatic rings. The van der Waals surface area contributed by atoms with Gasteiger partial charge in [-0.15, -0.1) is 0 Å². The Hall–Kier alpha value is -2.00. The number of fused-ring (bicyclic) bond motifs is 1. The van der Waals surface area contributed by atoms with E-state index in [1.165, 1.54) is 10.4 Å².